The van der Waals surface area contributed by atoms with Gasteiger partial charge in [-0.25, -0.2) is 8.78 Å². The minimum Gasteiger partial charge on any atom is -0.207 e. The zero-order valence-electron chi connectivity index (χ0n) is 7.61. The Morgan fingerprint density at radius 1 is 1.23 bits per heavy atom. The van der Waals surface area contributed by atoms with E-state index in [-0.39, 0.29) is 17.0 Å². The van der Waals surface area contributed by atoms with Crippen LogP contribution in [-0.4, -0.2) is 0 Å². The highest BCUT2D eigenvalue weighted by molar-refractivity contribution is 5.29. The van der Waals surface area contributed by atoms with Crippen molar-refractivity contribution in [3.8, 4) is 0 Å². The highest BCUT2D eigenvalue weighted by Crippen LogP contribution is 2.44. The van der Waals surface area contributed by atoms with E-state index in [0.717, 1.165) is 19.3 Å². The largest absolute Gasteiger partial charge is 0.207 e. The molecule has 0 aromatic heterocycles. The van der Waals surface area contributed by atoms with Crippen LogP contribution < -0.4 is 0 Å². The molecule has 0 N–H and O–H groups in total. The Balaban J connectivity index is 2.43. The summed E-state index contributed by atoms with van der Waals surface area (Å²) in [6.07, 6.45) is 3.05. The van der Waals surface area contributed by atoms with Gasteiger partial charge in [0, 0.05) is 0 Å². The SMILES string of the molecule is CC1(c2cc(F)ccc2F)CCC1. The average Bonchev–Trinajstić information content (AvgIpc) is 2.05. The molecular formula is C11H12F2. The van der Waals surface area contributed by atoms with Crippen LogP contribution in [0.3, 0.4) is 0 Å². The van der Waals surface area contributed by atoms with Gasteiger partial charge in [-0.2, -0.15) is 0 Å². The average molecular weight is 182 g/mol. The summed E-state index contributed by atoms with van der Waals surface area (Å²) in [5.41, 5.74) is 0.422. The fourth-order valence-corrected chi connectivity index (χ4v) is 1.94. The standard InChI is InChI=1S/C11H12F2/c1-11(5-2-6-11)9-7-8(12)3-4-10(9)13/h3-4,7H,2,5-6H2,1H3. The summed E-state index contributed by atoms with van der Waals surface area (Å²) < 4.78 is 26.2. The van der Waals surface area contributed by atoms with E-state index < -0.39 is 0 Å². The van der Waals surface area contributed by atoms with Crippen LogP contribution in [-0.2, 0) is 5.41 Å². The van der Waals surface area contributed by atoms with Gasteiger partial charge < -0.3 is 0 Å². The zero-order chi connectivity index (χ0) is 9.47. The monoisotopic (exact) mass is 182 g/mol. The molecule has 0 radical (unpaired) electrons. The second-order valence-electron chi connectivity index (χ2n) is 4.04. The van der Waals surface area contributed by atoms with Gasteiger partial charge in [0.05, 0.1) is 0 Å². The summed E-state index contributed by atoms with van der Waals surface area (Å²) in [6.45, 7) is 1.99. The summed E-state index contributed by atoms with van der Waals surface area (Å²) >= 11 is 0. The first kappa shape index (κ1) is 8.67. The molecule has 2 heteroatoms. The van der Waals surface area contributed by atoms with Crippen molar-refractivity contribution in [1.29, 1.82) is 0 Å². The lowest BCUT2D eigenvalue weighted by Gasteiger charge is -2.39. The van der Waals surface area contributed by atoms with Crippen LogP contribution in [0.15, 0.2) is 18.2 Å². The Hall–Kier alpha value is -0.920. The van der Waals surface area contributed by atoms with Crippen molar-refractivity contribution in [2.24, 2.45) is 0 Å². The minimum absolute atomic E-state index is 0.119. The molecule has 1 fully saturated rings. The number of benzene rings is 1. The van der Waals surface area contributed by atoms with Crippen molar-refractivity contribution in [2.75, 3.05) is 0 Å². The molecule has 0 bridgehead atoms. The first-order chi connectivity index (χ1) is 6.12. The number of hydrogen-bond acceptors (Lipinski definition) is 0. The maximum Gasteiger partial charge on any atom is 0.127 e. The first-order valence-corrected chi connectivity index (χ1v) is 4.57. The van der Waals surface area contributed by atoms with Gasteiger partial charge in [0.2, 0.25) is 0 Å². The maximum absolute atomic E-state index is 13.3. The molecule has 0 heterocycles. The van der Waals surface area contributed by atoms with Crippen molar-refractivity contribution < 1.29 is 8.78 Å². The van der Waals surface area contributed by atoms with Gasteiger partial charge in [-0.1, -0.05) is 13.3 Å². The third-order valence-corrected chi connectivity index (χ3v) is 3.04. The van der Waals surface area contributed by atoms with E-state index in [1.54, 1.807) is 0 Å². The van der Waals surface area contributed by atoms with Crippen molar-refractivity contribution in [2.45, 2.75) is 31.6 Å². The molecule has 1 aliphatic carbocycles. The molecule has 13 heavy (non-hydrogen) atoms. The summed E-state index contributed by atoms with van der Waals surface area (Å²) in [5.74, 6) is -0.617. The minimum atomic E-state index is -0.343. The van der Waals surface area contributed by atoms with E-state index in [9.17, 15) is 8.78 Å². The van der Waals surface area contributed by atoms with Crippen molar-refractivity contribution in [1.82, 2.24) is 0 Å². The van der Waals surface area contributed by atoms with Gasteiger partial charge >= 0.3 is 0 Å². The molecule has 1 aliphatic rings. The molecule has 1 aromatic carbocycles. The highest BCUT2D eigenvalue weighted by atomic mass is 19.1. The Labute approximate surface area is 76.6 Å². The lowest BCUT2D eigenvalue weighted by Crippen LogP contribution is -2.31. The first-order valence-electron chi connectivity index (χ1n) is 4.57. The van der Waals surface area contributed by atoms with E-state index in [4.69, 9.17) is 0 Å². The molecule has 1 aromatic rings. The molecule has 0 unspecified atom stereocenters. The summed E-state index contributed by atoms with van der Waals surface area (Å²) in [4.78, 5) is 0. The van der Waals surface area contributed by atoms with Gasteiger partial charge in [-0.05, 0) is 42.0 Å². The van der Waals surface area contributed by atoms with Gasteiger partial charge in [0.1, 0.15) is 11.6 Å². The second-order valence-corrected chi connectivity index (χ2v) is 4.04. The van der Waals surface area contributed by atoms with Crippen LogP contribution in [0, 0.1) is 11.6 Å². The quantitative estimate of drug-likeness (QED) is 0.624. The molecule has 0 amide bonds. The van der Waals surface area contributed by atoms with Crippen molar-refractivity contribution in [3.63, 3.8) is 0 Å². The van der Waals surface area contributed by atoms with E-state index in [0.29, 0.717) is 5.56 Å². The van der Waals surface area contributed by atoms with Crippen LogP contribution in [0.4, 0.5) is 8.78 Å². The summed E-state index contributed by atoms with van der Waals surface area (Å²) in [5, 5.41) is 0. The van der Waals surface area contributed by atoms with Gasteiger partial charge in [0.25, 0.3) is 0 Å². The molecule has 0 spiro atoms. The Bertz CT molecular complexity index is 327. The van der Waals surface area contributed by atoms with Crippen LogP contribution in [0.25, 0.3) is 0 Å². The molecule has 2 rings (SSSR count). The van der Waals surface area contributed by atoms with Crippen molar-refractivity contribution in [3.05, 3.63) is 35.4 Å². The molecule has 0 aliphatic heterocycles. The predicted molar refractivity (Wildman–Crippen MR) is 47.6 cm³/mol. The van der Waals surface area contributed by atoms with Crippen LogP contribution in [0.2, 0.25) is 0 Å². The van der Waals surface area contributed by atoms with E-state index >= 15 is 0 Å². The lowest BCUT2D eigenvalue weighted by molar-refractivity contribution is 0.262. The number of halogens is 2. The van der Waals surface area contributed by atoms with Crippen LogP contribution in [0.1, 0.15) is 31.7 Å². The van der Waals surface area contributed by atoms with E-state index in [1.165, 1.54) is 18.2 Å². The summed E-state index contributed by atoms with van der Waals surface area (Å²) in [7, 11) is 0. The van der Waals surface area contributed by atoms with Gasteiger partial charge in [0.15, 0.2) is 0 Å². The zero-order valence-corrected chi connectivity index (χ0v) is 7.61. The molecule has 70 valence electrons. The van der Waals surface area contributed by atoms with E-state index in [1.807, 2.05) is 6.92 Å². The molecule has 1 saturated carbocycles. The summed E-state index contributed by atoms with van der Waals surface area (Å²) in [6, 6.07) is 3.71. The smallest absolute Gasteiger partial charge is 0.127 e. The fourth-order valence-electron chi connectivity index (χ4n) is 1.94. The Morgan fingerprint density at radius 2 is 1.92 bits per heavy atom. The molecule has 0 saturated heterocycles. The topological polar surface area (TPSA) is 0 Å². The fraction of sp³-hybridized carbons (Fsp3) is 0.455. The van der Waals surface area contributed by atoms with Crippen molar-refractivity contribution >= 4 is 0 Å². The Kier molecular flexibility index (Phi) is 1.86. The number of hydrogen-bond donors (Lipinski definition) is 0. The third-order valence-electron chi connectivity index (χ3n) is 3.04. The Morgan fingerprint density at radius 3 is 2.46 bits per heavy atom. The van der Waals surface area contributed by atoms with Gasteiger partial charge in [-0.3, -0.25) is 0 Å². The number of rotatable bonds is 1. The maximum atomic E-state index is 13.3. The molecule has 0 nitrogen and oxygen atoms in total. The van der Waals surface area contributed by atoms with Gasteiger partial charge in [-0.15, -0.1) is 0 Å². The van der Waals surface area contributed by atoms with E-state index in [2.05, 4.69) is 0 Å². The second kappa shape index (κ2) is 2.79. The third kappa shape index (κ3) is 1.34. The predicted octanol–water partition coefficient (Wildman–Crippen LogP) is 3.41. The van der Waals surface area contributed by atoms with Crippen LogP contribution in [0.5, 0.6) is 0 Å². The van der Waals surface area contributed by atoms with Crippen LogP contribution >= 0.6 is 0 Å². The lowest BCUT2D eigenvalue weighted by atomic mass is 9.66. The molecule has 0 atom stereocenters. The highest BCUT2D eigenvalue weighted by Gasteiger charge is 2.35. The molecular weight excluding hydrogens is 170 g/mol. The normalized spacial score (nSPS) is 19.6.